The Balaban J connectivity index is 0.881. The van der Waals surface area contributed by atoms with Crippen LogP contribution in [-0.4, -0.2) is 153 Å². The number of carbonyl (C=O) groups excluding carboxylic acids is 1. The van der Waals surface area contributed by atoms with Crippen molar-refractivity contribution in [2.24, 2.45) is 17.3 Å². The third-order valence-corrected chi connectivity index (χ3v) is 14.8. The Kier molecular flexibility index (Phi) is 12.2. The summed E-state index contributed by atoms with van der Waals surface area (Å²) in [4.78, 5) is 13.8. The molecule has 0 spiro atoms. The second-order valence-electron chi connectivity index (χ2n) is 18.0. The molecular weight excluding hydrogens is 760 g/mol. The van der Waals surface area contributed by atoms with E-state index in [0.717, 1.165) is 5.57 Å². The molecule has 0 radical (unpaired) electrons. The van der Waals surface area contributed by atoms with Gasteiger partial charge in [0.1, 0.15) is 18.3 Å². The van der Waals surface area contributed by atoms with Crippen LogP contribution in [0.5, 0.6) is 0 Å². The van der Waals surface area contributed by atoms with Crippen molar-refractivity contribution in [3.05, 3.63) is 23.5 Å². The number of methoxy groups -OCH3 is 3. The summed E-state index contributed by atoms with van der Waals surface area (Å²) >= 11 is 0. The molecule has 20 atom stereocenters. The number of fused-ring (bicyclic) bond motifs is 3. The van der Waals surface area contributed by atoms with Crippen LogP contribution < -0.4 is 0 Å². The molecule has 5 saturated heterocycles. The van der Waals surface area contributed by atoms with Crippen molar-refractivity contribution in [3.8, 4) is 0 Å². The molecule has 1 unspecified atom stereocenters. The van der Waals surface area contributed by atoms with Crippen molar-refractivity contribution in [2.75, 3.05) is 27.9 Å². The number of hydrogen-bond donors (Lipinski definition) is 3. The van der Waals surface area contributed by atoms with E-state index in [2.05, 4.69) is 13.0 Å². The van der Waals surface area contributed by atoms with E-state index in [9.17, 15) is 20.1 Å². The van der Waals surface area contributed by atoms with Crippen LogP contribution in [0, 0.1) is 17.3 Å². The Hall–Kier alpha value is -1.77. The smallest absolute Gasteiger partial charge is 0.310 e. The summed E-state index contributed by atoms with van der Waals surface area (Å²) in [6.07, 6.45) is -0.864. The van der Waals surface area contributed by atoms with E-state index < -0.39 is 109 Å². The lowest BCUT2D eigenvalue weighted by molar-refractivity contribution is -0.339. The zero-order valence-electron chi connectivity index (χ0n) is 35.0. The Morgan fingerprint density at radius 2 is 1.36 bits per heavy atom. The van der Waals surface area contributed by atoms with Crippen LogP contribution in [0.1, 0.15) is 86.0 Å². The van der Waals surface area contributed by atoms with E-state index in [1.807, 2.05) is 13.8 Å². The SMILES string of the molecule is CO[C@H]1C[C@H](O[C@@H]2[C@H](C)O[C@@H](O[C@H]3[C@@H](OC)C[C@H](O[C@@H]4CC5=CC[C@H]6C(=O)OC7CO[C@]8(C)OC=C(CC[C@@H]6[C@@]5(C)C[C@H]4O)[C@]78O)O[C@@H]3C)C[C@@H]2OC)O[C@H](C)[C@H]1O. The molecule has 0 aromatic carbocycles. The van der Waals surface area contributed by atoms with Crippen molar-refractivity contribution < 1.29 is 77.0 Å². The number of aliphatic hydroxyl groups excluding tert-OH is 2. The maximum absolute atomic E-state index is 13.8. The number of hydrogen-bond acceptors (Lipinski definition) is 16. The number of carbonyl (C=O) groups is 1. The summed E-state index contributed by atoms with van der Waals surface area (Å²) in [6, 6.07) is 0. The van der Waals surface area contributed by atoms with Gasteiger partial charge in [-0.15, -0.1) is 0 Å². The molecule has 6 heterocycles. The Labute approximate surface area is 340 Å². The fourth-order valence-corrected chi connectivity index (χ4v) is 11.3. The Morgan fingerprint density at radius 3 is 1.98 bits per heavy atom. The molecule has 8 rings (SSSR count). The molecule has 58 heavy (non-hydrogen) atoms. The Bertz CT molecular complexity index is 1560. The lowest BCUT2D eigenvalue weighted by Crippen LogP contribution is -2.57. The van der Waals surface area contributed by atoms with Gasteiger partial charge in [0.2, 0.25) is 5.79 Å². The summed E-state index contributed by atoms with van der Waals surface area (Å²) in [5, 5.41) is 34.0. The molecule has 16 nitrogen and oxygen atoms in total. The van der Waals surface area contributed by atoms with Gasteiger partial charge in [-0.05, 0) is 64.2 Å². The molecule has 0 bridgehead atoms. The van der Waals surface area contributed by atoms with Crippen molar-refractivity contribution in [1.29, 1.82) is 0 Å². The fourth-order valence-electron chi connectivity index (χ4n) is 11.3. The van der Waals surface area contributed by atoms with Crippen molar-refractivity contribution in [1.82, 2.24) is 0 Å². The highest BCUT2D eigenvalue weighted by Crippen LogP contribution is 2.58. The van der Waals surface area contributed by atoms with Crippen LogP contribution in [-0.2, 0) is 61.6 Å². The first-order valence-corrected chi connectivity index (χ1v) is 21.1. The molecule has 2 aliphatic carbocycles. The van der Waals surface area contributed by atoms with E-state index in [4.69, 9.17) is 56.8 Å². The highest BCUT2D eigenvalue weighted by molar-refractivity contribution is 5.74. The van der Waals surface area contributed by atoms with Gasteiger partial charge in [-0.3, -0.25) is 4.79 Å². The van der Waals surface area contributed by atoms with E-state index in [1.54, 1.807) is 41.4 Å². The summed E-state index contributed by atoms with van der Waals surface area (Å²) in [6.45, 7) is 9.49. The van der Waals surface area contributed by atoms with Gasteiger partial charge in [0.25, 0.3) is 0 Å². The normalized spacial score (nSPS) is 51.8. The second kappa shape index (κ2) is 16.5. The molecule has 0 aromatic rings. The summed E-state index contributed by atoms with van der Waals surface area (Å²) in [5.41, 5.74) is -0.218. The van der Waals surface area contributed by atoms with Crippen molar-refractivity contribution >= 4 is 5.97 Å². The standard InChI is InChI=1S/C42H64O16/c1-20-36(44)29(47-6)14-34(52-20)57-38-22(3)54-35(16-31(38)49-8)58-37-21(2)53-33(15-30(37)48-7)55-28-13-23-9-11-25-26(40(23,4)17-27(28)43)12-10-24-18-50-41(5)42(24,46)32(19-51-41)56-39(25)45/h9,18,20-22,25-38,43-44,46H,10-17,19H2,1-8H3/t20-,21-,22+,25-,26+,27-,28-,29+,30+,31+,32?,33+,34+,35+,36-,37-,38-,40+,41+,42+/m1/s1. The maximum Gasteiger partial charge on any atom is 0.310 e. The van der Waals surface area contributed by atoms with Crippen LogP contribution in [0.15, 0.2) is 23.5 Å². The van der Waals surface area contributed by atoms with E-state index >= 15 is 0 Å². The minimum Gasteiger partial charge on any atom is -0.466 e. The maximum atomic E-state index is 13.8. The van der Waals surface area contributed by atoms with Crippen LogP contribution >= 0.6 is 0 Å². The topological polar surface area (TPSA) is 189 Å². The van der Waals surface area contributed by atoms with E-state index in [1.165, 1.54) is 0 Å². The van der Waals surface area contributed by atoms with E-state index in [-0.39, 0.29) is 24.6 Å². The zero-order chi connectivity index (χ0) is 41.3. The zero-order valence-corrected chi connectivity index (χ0v) is 35.0. The third kappa shape index (κ3) is 7.39. The van der Waals surface area contributed by atoms with Gasteiger partial charge in [-0.1, -0.05) is 18.6 Å². The first-order chi connectivity index (χ1) is 27.6. The summed E-state index contributed by atoms with van der Waals surface area (Å²) in [7, 11) is 4.83. The van der Waals surface area contributed by atoms with Gasteiger partial charge in [0.05, 0.1) is 67.6 Å². The van der Waals surface area contributed by atoms with Crippen LogP contribution in [0.25, 0.3) is 0 Å². The molecule has 0 aromatic heterocycles. The monoisotopic (exact) mass is 824 g/mol. The molecule has 16 heteroatoms. The fraction of sp³-hybridized carbons (Fsp3) is 0.881. The molecule has 328 valence electrons. The number of ether oxygens (including phenoxy) is 12. The highest BCUT2D eigenvalue weighted by Gasteiger charge is 2.68. The third-order valence-electron chi connectivity index (χ3n) is 14.8. The first-order valence-electron chi connectivity index (χ1n) is 21.1. The minimum absolute atomic E-state index is 0.0554. The van der Waals surface area contributed by atoms with E-state index in [0.29, 0.717) is 56.9 Å². The molecule has 3 N–H and O–H groups in total. The largest absolute Gasteiger partial charge is 0.466 e. The predicted octanol–water partition coefficient (Wildman–Crippen LogP) is 2.77. The average Bonchev–Trinajstić information content (AvgIpc) is 3.60. The van der Waals surface area contributed by atoms with Gasteiger partial charge in [0, 0.05) is 53.1 Å². The molecular formula is C42H64O16. The van der Waals surface area contributed by atoms with Gasteiger partial charge in [-0.25, -0.2) is 0 Å². The molecule has 0 amide bonds. The van der Waals surface area contributed by atoms with Crippen LogP contribution in [0.2, 0.25) is 0 Å². The molecule has 8 aliphatic rings. The average molecular weight is 825 g/mol. The lowest BCUT2D eigenvalue weighted by atomic mass is 9.55. The number of rotatable bonds is 9. The van der Waals surface area contributed by atoms with Gasteiger partial charge >= 0.3 is 5.97 Å². The van der Waals surface area contributed by atoms with Gasteiger partial charge in [-0.2, -0.15) is 0 Å². The number of aliphatic hydroxyl groups is 3. The minimum atomic E-state index is -1.55. The van der Waals surface area contributed by atoms with Crippen LogP contribution in [0.3, 0.4) is 0 Å². The van der Waals surface area contributed by atoms with Gasteiger partial charge < -0.3 is 72.2 Å². The van der Waals surface area contributed by atoms with Crippen molar-refractivity contribution in [3.63, 3.8) is 0 Å². The molecule has 6 fully saturated rings. The van der Waals surface area contributed by atoms with Crippen LogP contribution in [0.4, 0.5) is 0 Å². The Morgan fingerprint density at radius 1 is 0.776 bits per heavy atom. The molecule has 6 aliphatic heterocycles. The summed E-state index contributed by atoms with van der Waals surface area (Å²) in [5.74, 6) is -2.20. The highest BCUT2D eigenvalue weighted by atomic mass is 16.8. The predicted molar refractivity (Wildman–Crippen MR) is 200 cm³/mol. The molecule has 1 saturated carbocycles. The number of allylic oxidation sites excluding steroid dienone is 1. The lowest BCUT2D eigenvalue weighted by Gasteiger charge is -2.52. The number of esters is 1. The summed E-state index contributed by atoms with van der Waals surface area (Å²) < 4.78 is 73.1. The second-order valence-corrected chi connectivity index (χ2v) is 18.0. The van der Waals surface area contributed by atoms with Crippen molar-refractivity contribution in [2.45, 2.75) is 189 Å². The van der Waals surface area contributed by atoms with Gasteiger partial charge in [0.15, 0.2) is 30.6 Å². The quantitative estimate of drug-likeness (QED) is 0.227. The first kappa shape index (κ1) is 42.9.